The average molecular weight is 454 g/mol. The summed E-state index contributed by atoms with van der Waals surface area (Å²) in [5.41, 5.74) is -3.93. The zero-order valence-electron chi connectivity index (χ0n) is 15.2. The molecule has 7 nitrogen and oxygen atoms in total. The van der Waals surface area contributed by atoms with Gasteiger partial charge in [-0.15, -0.1) is 0 Å². The van der Waals surface area contributed by atoms with Crippen LogP contribution in [0.4, 0.5) is 26.3 Å². The first-order valence-electron chi connectivity index (χ1n) is 8.14. The molecule has 3 rings (SSSR count). The first-order chi connectivity index (χ1) is 13.7. The normalized spacial score (nSPS) is 13.2. The largest absolute Gasteiger partial charge is 0.711 e. The third-order valence-electron chi connectivity index (χ3n) is 4.28. The summed E-state index contributed by atoms with van der Waals surface area (Å²) >= 11 is 0. The van der Waals surface area contributed by atoms with E-state index in [2.05, 4.69) is 9.97 Å². The van der Waals surface area contributed by atoms with E-state index in [0.29, 0.717) is 18.3 Å². The molecule has 0 spiro atoms. The Bertz CT molecular complexity index is 1250. The van der Waals surface area contributed by atoms with Gasteiger partial charge in [0.1, 0.15) is 11.9 Å². The number of aryl methyl sites for hydroxylation is 1. The standard InChI is InChI=1S/C16H12F6N4O3S/c1-3-30(28,29)11-5-8(15(17,18)19)6-23-12(11)13-24-10-4-9(16(20,21)22)7-26(27)14(10)25(13)2/h4-7H,3H2,1-2H3. The Morgan fingerprint density at radius 2 is 1.70 bits per heavy atom. The fourth-order valence-corrected chi connectivity index (χ4v) is 3.82. The molecule has 162 valence electrons. The van der Waals surface area contributed by atoms with Crippen LogP contribution in [0.25, 0.3) is 22.7 Å². The number of aromatic nitrogens is 4. The van der Waals surface area contributed by atoms with Crippen LogP contribution in [-0.4, -0.2) is 28.7 Å². The van der Waals surface area contributed by atoms with Gasteiger partial charge in [-0.3, -0.25) is 0 Å². The summed E-state index contributed by atoms with van der Waals surface area (Å²) in [7, 11) is -3.03. The number of hydrogen-bond donors (Lipinski definition) is 0. The van der Waals surface area contributed by atoms with Gasteiger partial charge in [0.15, 0.2) is 15.4 Å². The van der Waals surface area contributed by atoms with Gasteiger partial charge >= 0.3 is 18.0 Å². The second-order valence-electron chi connectivity index (χ2n) is 6.23. The van der Waals surface area contributed by atoms with E-state index in [1.54, 1.807) is 0 Å². The molecule has 0 fully saturated rings. The number of halogens is 6. The Morgan fingerprint density at radius 1 is 1.10 bits per heavy atom. The molecule has 0 saturated carbocycles. The van der Waals surface area contributed by atoms with E-state index < -0.39 is 55.2 Å². The molecule has 0 N–H and O–H groups in total. The van der Waals surface area contributed by atoms with Crippen LogP contribution in [0.15, 0.2) is 29.4 Å². The fraction of sp³-hybridized carbons (Fsp3) is 0.312. The zero-order valence-corrected chi connectivity index (χ0v) is 16.0. The van der Waals surface area contributed by atoms with E-state index in [1.807, 2.05) is 0 Å². The maximum Gasteiger partial charge on any atom is 0.419 e. The number of imidazole rings is 1. The predicted molar refractivity (Wildman–Crippen MR) is 90.6 cm³/mol. The number of fused-ring (bicyclic) bond motifs is 1. The van der Waals surface area contributed by atoms with Gasteiger partial charge in [-0.05, 0) is 12.1 Å². The maximum absolute atomic E-state index is 13.0. The number of sulfone groups is 1. The van der Waals surface area contributed by atoms with Gasteiger partial charge in [-0.1, -0.05) is 6.92 Å². The fourth-order valence-electron chi connectivity index (χ4n) is 2.77. The van der Waals surface area contributed by atoms with Gasteiger partial charge in [0.25, 0.3) is 0 Å². The molecular weight excluding hydrogens is 442 g/mol. The van der Waals surface area contributed by atoms with Crippen LogP contribution in [0, 0.1) is 5.21 Å². The van der Waals surface area contributed by atoms with Crippen molar-refractivity contribution < 1.29 is 39.5 Å². The van der Waals surface area contributed by atoms with Crippen molar-refractivity contribution in [2.24, 2.45) is 7.05 Å². The molecule has 0 unspecified atom stereocenters. The smallest absolute Gasteiger partial charge is 0.419 e. The molecule has 3 aromatic heterocycles. The topological polar surface area (TPSA) is 91.8 Å². The van der Waals surface area contributed by atoms with Gasteiger partial charge < -0.3 is 5.21 Å². The lowest BCUT2D eigenvalue weighted by Gasteiger charge is -2.11. The molecule has 0 aliphatic heterocycles. The van der Waals surface area contributed by atoms with Crippen molar-refractivity contribution >= 4 is 21.0 Å². The highest BCUT2D eigenvalue weighted by Crippen LogP contribution is 2.35. The van der Waals surface area contributed by atoms with Crippen molar-refractivity contribution in [3.05, 3.63) is 40.9 Å². The second kappa shape index (κ2) is 6.82. The summed E-state index contributed by atoms with van der Waals surface area (Å²) in [6, 6.07) is 0.957. The van der Waals surface area contributed by atoms with Crippen molar-refractivity contribution in [2.75, 3.05) is 5.75 Å². The first kappa shape index (κ1) is 21.8. The maximum atomic E-state index is 13.0. The molecule has 0 bridgehead atoms. The van der Waals surface area contributed by atoms with Gasteiger partial charge in [-0.2, -0.15) is 31.3 Å². The summed E-state index contributed by atoms with van der Waals surface area (Å²) in [5.74, 6) is -0.943. The van der Waals surface area contributed by atoms with E-state index >= 15 is 0 Å². The highest BCUT2D eigenvalue weighted by Gasteiger charge is 2.37. The summed E-state index contributed by atoms with van der Waals surface area (Å²) in [4.78, 5) is 6.62. The first-order valence-corrected chi connectivity index (χ1v) is 9.79. The highest BCUT2D eigenvalue weighted by molar-refractivity contribution is 7.91. The van der Waals surface area contributed by atoms with Crippen molar-refractivity contribution in [1.29, 1.82) is 0 Å². The van der Waals surface area contributed by atoms with Crippen LogP contribution < -0.4 is 4.73 Å². The Balaban J connectivity index is 2.35. The van der Waals surface area contributed by atoms with Crippen LogP contribution in [0.5, 0.6) is 0 Å². The molecule has 3 aromatic rings. The Hall–Kier alpha value is -2.90. The lowest BCUT2D eigenvalue weighted by atomic mass is 10.2. The molecule has 14 heteroatoms. The second-order valence-corrected chi connectivity index (χ2v) is 8.47. The predicted octanol–water partition coefficient (Wildman–Crippen LogP) is 3.10. The number of alkyl halides is 6. The molecule has 30 heavy (non-hydrogen) atoms. The quantitative estimate of drug-likeness (QED) is 0.345. The minimum absolute atomic E-state index is 0.104. The Kier molecular flexibility index (Phi) is 4.96. The minimum atomic E-state index is -4.88. The molecule has 0 amide bonds. The third-order valence-corrected chi connectivity index (χ3v) is 6.02. The lowest BCUT2D eigenvalue weighted by Crippen LogP contribution is -2.30. The Morgan fingerprint density at radius 3 is 2.23 bits per heavy atom. The van der Waals surface area contributed by atoms with Crippen molar-refractivity contribution in [3.63, 3.8) is 0 Å². The SMILES string of the molecule is CCS(=O)(=O)c1cc(C(F)(F)F)cnc1-c1nc2cc(C(F)(F)F)c[n+]([O-])c2n1C. The van der Waals surface area contributed by atoms with Crippen LogP contribution in [0.1, 0.15) is 18.1 Å². The molecule has 0 aliphatic rings. The molecule has 0 aromatic carbocycles. The third kappa shape index (κ3) is 3.66. The summed E-state index contributed by atoms with van der Waals surface area (Å²) in [6.07, 6.45) is -9.07. The summed E-state index contributed by atoms with van der Waals surface area (Å²) in [6.45, 7) is 1.20. The number of rotatable bonds is 3. The highest BCUT2D eigenvalue weighted by atomic mass is 32.2. The van der Waals surface area contributed by atoms with Crippen LogP contribution in [0.2, 0.25) is 0 Å². The van der Waals surface area contributed by atoms with E-state index in [0.717, 1.165) is 4.57 Å². The molecule has 0 radical (unpaired) electrons. The van der Waals surface area contributed by atoms with Gasteiger partial charge in [0.05, 0.1) is 28.8 Å². The van der Waals surface area contributed by atoms with Gasteiger partial charge in [0.2, 0.25) is 5.82 Å². The lowest BCUT2D eigenvalue weighted by molar-refractivity contribution is -0.581. The average Bonchev–Trinajstić information content (AvgIpc) is 2.96. The van der Waals surface area contributed by atoms with Crippen LogP contribution in [-0.2, 0) is 29.2 Å². The van der Waals surface area contributed by atoms with Crippen LogP contribution >= 0.6 is 0 Å². The number of hydrogen-bond acceptors (Lipinski definition) is 5. The van der Waals surface area contributed by atoms with E-state index in [-0.39, 0.29) is 22.4 Å². The van der Waals surface area contributed by atoms with Crippen molar-refractivity contribution in [1.82, 2.24) is 14.5 Å². The van der Waals surface area contributed by atoms with Gasteiger partial charge in [-0.25, -0.2) is 22.7 Å². The minimum Gasteiger partial charge on any atom is -0.711 e. The summed E-state index contributed by atoms with van der Waals surface area (Å²) < 4.78 is 104. The molecular formula is C16H12F6N4O3S. The number of nitrogens with zero attached hydrogens (tertiary/aromatic N) is 4. The van der Waals surface area contributed by atoms with Crippen LogP contribution in [0.3, 0.4) is 0 Å². The number of pyridine rings is 2. The molecule has 3 heterocycles. The van der Waals surface area contributed by atoms with E-state index in [4.69, 9.17) is 0 Å². The van der Waals surface area contributed by atoms with Crippen molar-refractivity contribution in [2.45, 2.75) is 24.2 Å². The molecule has 0 atom stereocenters. The molecule has 0 aliphatic carbocycles. The monoisotopic (exact) mass is 454 g/mol. The molecule has 0 saturated heterocycles. The summed E-state index contributed by atoms with van der Waals surface area (Å²) in [5, 5.41) is 12.1. The van der Waals surface area contributed by atoms with Crippen molar-refractivity contribution in [3.8, 4) is 11.5 Å². The zero-order chi connectivity index (χ0) is 22.6. The Labute approximate surface area is 165 Å². The van der Waals surface area contributed by atoms with E-state index in [1.165, 1.54) is 14.0 Å². The van der Waals surface area contributed by atoms with Gasteiger partial charge in [0, 0.05) is 6.20 Å². The van der Waals surface area contributed by atoms with E-state index in [9.17, 15) is 40.0 Å².